The predicted octanol–water partition coefficient (Wildman–Crippen LogP) is 4.50. The van der Waals surface area contributed by atoms with Crippen LogP contribution in [-0.2, 0) is 15.3 Å². The molecule has 0 aliphatic carbocycles. The molecule has 0 radical (unpaired) electrons. The van der Waals surface area contributed by atoms with Crippen LogP contribution in [-0.4, -0.2) is 40.5 Å². The number of benzene rings is 1. The molecule has 1 aliphatic rings. The number of likely N-dealkylation sites (tertiary alicyclic amines) is 1. The van der Waals surface area contributed by atoms with Crippen molar-refractivity contribution in [2.24, 2.45) is 5.92 Å². The third-order valence-electron chi connectivity index (χ3n) is 4.53. The number of aromatic nitrogens is 1. The minimum absolute atomic E-state index is 0.0704. The predicted molar refractivity (Wildman–Crippen MR) is 115 cm³/mol. The number of nitrogens with one attached hydrogen (secondary N) is 1. The van der Waals surface area contributed by atoms with Crippen LogP contribution >= 0.6 is 35.0 Å². The molecule has 1 fully saturated rings. The highest BCUT2D eigenvalue weighted by molar-refractivity contribution is 7.99. The highest BCUT2D eigenvalue weighted by Gasteiger charge is 2.28. The summed E-state index contributed by atoms with van der Waals surface area (Å²) in [5.41, 5.74) is 1.13. The fraction of sp³-hybridized carbons (Fsp3) is 0.350. The average molecular weight is 438 g/mol. The number of rotatable bonds is 6. The smallest absolute Gasteiger partial charge is 0.232 e. The number of hydrogen-bond acceptors (Lipinski definition) is 4. The average Bonchev–Trinajstić information content (AvgIpc) is 2.71. The maximum absolute atomic E-state index is 12.5. The molecule has 1 unspecified atom stereocenters. The maximum atomic E-state index is 12.5. The lowest BCUT2D eigenvalue weighted by Gasteiger charge is -2.32. The minimum atomic E-state index is -0.226. The molecule has 3 rings (SSSR count). The van der Waals surface area contributed by atoms with E-state index >= 15 is 0 Å². The molecule has 0 spiro atoms. The molecule has 1 aliphatic heterocycles. The number of thioether (sulfide) groups is 1. The van der Waals surface area contributed by atoms with Crippen molar-refractivity contribution in [3.8, 4) is 0 Å². The van der Waals surface area contributed by atoms with Gasteiger partial charge in [-0.2, -0.15) is 0 Å². The summed E-state index contributed by atoms with van der Waals surface area (Å²) in [5.74, 6) is 1.36. The van der Waals surface area contributed by atoms with Crippen molar-refractivity contribution >= 4 is 52.6 Å². The Labute approximate surface area is 178 Å². The van der Waals surface area contributed by atoms with Gasteiger partial charge < -0.3 is 10.2 Å². The number of carbonyl (C=O) groups is 2. The largest absolute Gasteiger partial charge is 0.341 e. The van der Waals surface area contributed by atoms with Crippen LogP contribution in [0.1, 0.15) is 18.4 Å². The van der Waals surface area contributed by atoms with E-state index in [4.69, 9.17) is 23.2 Å². The molecule has 1 saturated heterocycles. The van der Waals surface area contributed by atoms with Crippen molar-refractivity contribution in [1.29, 1.82) is 0 Å². The van der Waals surface area contributed by atoms with Gasteiger partial charge >= 0.3 is 0 Å². The third kappa shape index (κ3) is 6.12. The zero-order chi connectivity index (χ0) is 19.9. The molecular weight excluding hydrogens is 417 g/mol. The molecular formula is C20H21Cl2N3O2S. The summed E-state index contributed by atoms with van der Waals surface area (Å²) in [6.45, 7) is 1.14. The molecule has 1 aromatic heterocycles. The molecule has 2 amide bonds. The second kappa shape index (κ2) is 10.1. The number of anilines is 1. The molecule has 1 aromatic carbocycles. The standard InChI is InChI=1S/C20H21Cl2N3O2S/c21-16-5-3-14(4-6-16)12-28-13-19(26)25-9-1-2-15(11-25)20(27)24-18-8-7-17(22)10-23-18/h3-8,10,15H,1-2,9,11-13H2,(H,23,24,27). The molecule has 148 valence electrons. The van der Waals surface area contributed by atoms with Gasteiger partial charge in [0.05, 0.1) is 16.7 Å². The van der Waals surface area contributed by atoms with E-state index < -0.39 is 0 Å². The summed E-state index contributed by atoms with van der Waals surface area (Å²) in [6.07, 6.45) is 3.08. The molecule has 1 atom stereocenters. The monoisotopic (exact) mass is 437 g/mol. The van der Waals surface area contributed by atoms with Crippen LogP contribution in [0.15, 0.2) is 42.6 Å². The number of pyridine rings is 1. The van der Waals surface area contributed by atoms with Crippen LogP contribution in [0.2, 0.25) is 10.0 Å². The van der Waals surface area contributed by atoms with Gasteiger partial charge in [0, 0.05) is 30.1 Å². The first kappa shape index (κ1) is 21.0. The van der Waals surface area contributed by atoms with Gasteiger partial charge in [-0.1, -0.05) is 35.3 Å². The van der Waals surface area contributed by atoms with Crippen molar-refractivity contribution < 1.29 is 9.59 Å². The van der Waals surface area contributed by atoms with Crippen molar-refractivity contribution in [2.45, 2.75) is 18.6 Å². The van der Waals surface area contributed by atoms with Gasteiger partial charge in [-0.25, -0.2) is 4.98 Å². The number of nitrogens with zero attached hydrogens (tertiary/aromatic N) is 2. The van der Waals surface area contributed by atoms with Crippen LogP contribution in [0.5, 0.6) is 0 Å². The normalized spacial score (nSPS) is 16.6. The second-order valence-electron chi connectivity index (χ2n) is 6.65. The number of amides is 2. The summed E-state index contributed by atoms with van der Waals surface area (Å²) in [6, 6.07) is 11.0. The highest BCUT2D eigenvalue weighted by atomic mass is 35.5. The Morgan fingerprint density at radius 3 is 2.61 bits per heavy atom. The number of hydrogen-bond donors (Lipinski definition) is 1. The topological polar surface area (TPSA) is 62.3 Å². The van der Waals surface area contributed by atoms with Gasteiger partial charge in [-0.15, -0.1) is 11.8 Å². The fourth-order valence-electron chi connectivity index (χ4n) is 3.02. The molecule has 0 saturated carbocycles. The van der Waals surface area contributed by atoms with E-state index in [0.29, 0.717) is 34.7 Å². The van der Waals surface area contributed by atoms with E-state index in [1.165, 1.54) is 6.20 Å². The van der Waals surface area contributed by atoms with E-state index in [1.807, 2.05) is 24.3 Å². The summed E-state index contributed by atoms with van der Waals surface area (Å²) in [4.78, 5) is 30.9. The fourth-order valence-corrected chi connectivity index (χ4v) is 4.15. The summed E-state index contributed by atoms with van der Waals surface area (Å²) in [5, 5.41) is 4.03. The first-order valence-electron chi connectivity index (χ1n) is 9.03. The zero-order valence-corrected chi connectivity index (χ0v) is 17.6. The molecule has 5 nitrogen and oxygen atoms in total. The van der Waals surface area contributed by atoms with Crippen molar-refractivity contribution in [3.63, 3.8) is 0 Å². The Morgan fingerprint density at radius 2 is 1.89 bits per heavy atom. The van der Waals surface area contributed by atoms with Crippen LogP contribution in [0.25, 0.3) is 0 Å². The first-order valence-corrected chi connectivity index (χ1v) is 10.9. The number of piperidine rings is 1. The lowest BCUT2D eigenvalue weighted by molar-refractivity contribution is -0.132. The highest BCUT2D eigenvalue weighted by Crippen LogP contribution is 2.21. The second-order valence-corrected chi connectivity index (χ2v) is 8.51. The Kier molecular flexibility index (Phi) is 7.59. The summed E-state index contributed by atoms with van der Waals surface area (Å²) >= 11 is 13.3. The van der Waals surface area contributed by atoms with Gasteiger partial charge in [-0.3, -0.25) is 9.59 Å². The quantitative estimate of drug-likeness (QED) is 0.722. The number of halogens is 2. The Bertz CT molecular complexity index is 815. The van der Waals surface area contributed by atoms with Gasteiger partial charge in [0.25, 0.3) is 0 Å². The minimum Gasteiger partial charge on any atom is -0.341 e. The molecule has 0 bridgehead atoms. The summed E-state index contributed by atoms with van der Waals surface area (Å²) in [7, 11) is 0. The van der Waals surface area contributed by atoms with Crippen molar-refractivity contribution in [1.82, 2.24) is 9.88 Å². The van der Waals surface area contributed by atoms with E-state index in [-0.39, 0.29) is 17.7 Å². The van der Waals surface area contributed by atoms with Crippen LogP contribution in [0.4, 0.5) is 5.82 Å². The summed E-state index contributed by atoms with van der Waals surface area (Å²) < 4.78 is 0. The zero-order valence-electron chi connectivity index (χ0n) is 15.2. The van der Waals surface area contributed by atoms with Gasteiger partial charge in [0.15, 0.2) is 0 Å². The Hall–Kier alpha value is -1.76. The Balaban J connectivity index is 1.46. The third-order valence-corrected chi connectivity index (χ3v) is 6.00. The van der Waals surface area contributed by atoms with Crippen LogP contribution < -0.4 is 5.32 Å². The molecule has 2 heterocycles. The SMILES string of the molecule is O=C(Nc1ccc(Cl)cn1)C1CCCN(C(=O)CSCc2ccc(Cl)cc2)C1. The van der Waals surface area contributed by atoms with Crippen molar-refractivity contribution in [2.75, 3.05) is 24.2 Å². The van der Waals surface area contributed by atoms with Gasteiger partial charge in [0.2, 0.25) is 11.8 Å². The lowest BCUT2D eigenvalue weighted by Crippen LogP contribution is -2.44. The van der Waals surface area contributed by atoms with Crippen LogP contribution in [0.3, 0.4) is 0 Å². The van der Waals surface area contributed by atoms with Gasteiger partial charge in [0.1, 0.15) is 5.82 Å². The first-order chi connectivity index (χ1) is 13.5. The Morgan fingerprint density at radius 1 is 1.14 bits per heavy atom. The molecule has 28 heavy (non-hydrogen) atoms. The van der Waals surface area contributed by atoms with Crippen LogP contribution in [0, 0.1) is 5.92 Å². The van der Waals surface area contributed by atoms with Crippen molar-refractivity contribution in [3.05, 3.63) is 58.2 Å². The molecule has 1 N–H and O–H groups in total. The van der Waals surface area contributed by atoms with E-state index in [0.717, 1.165) is 24.2 Å². The lowest BCUT2D eigenvalue weighted by atomic mass is 9.97. The maximum Gasteiger partial charge on any atom is 0.232 e. The molecule has 8 heteroatoms. The number of carbonyl (C=O) groups excluding carboxylic acids is 2. The van der Waals surface area contributed by atoms with E-state index in [1.54, 1.807) is 28.8 Å². The van der Waals surface area contributed by atoms with Gasteiger partial charge in [-0.05, 0) is 42.7 Å². The van der Waals surface area contributed by atoms with E-state index in [9.17, 15) is 9.59 Å². The molecule has 2 aromatic rings. The van der Waals surface area contributed by atoms with E-state index in [2.05, 4.69) is 10.3 Å².